The van der Waals surface area contributed by atoms with Crippen molar-refractivity contribution >= 4 is 11.0 Å². The molecule has 0 saturated carbocycles. The highest BCUT2D eigenvalue weighted by atomic mass is 15.5. The third-order valence-electron chi connectivity index (χ3n) is 4.57. The summed E-state index contributed by atoms with van der Waals surface area (Å²) in [7, 11) is 0. The highest BCUT2D eigenvalue weighted by Gasteiger charge is 2.26. The first kappa shape index (κ1) is 14.6. The zero-order valence-electron chi connectivity index (χ0n) is 13.8. The lowest BCUT2D eigenvalue weighted by Gasteiger charge is -2.26. The van der Waals surface area contributed by atoms with E-state index in [1.165, 1.54) is 11.1 Å². The summed E-state index contributed by atoms with van der Waals surface area (Å²) in [5.41, 5.74) is 5.16. The van der Waals surface area contributed by atoms with Crippen molar-refractivity contribution in [3.05, 3.63) is 90.0 Å². The fraction of sp³-hybridized carbons (Fsp3) is 0.143. The number of hydrogen-bond donors (Lipinski definition) is 0. The highest BCUT2D eigenvalue weighted by molar-refractivity contribution is 5.79. The van der Waals surface area contributed by atoms with Crippen LogP contribution in [0.2, 0.25) is 0 Å². The second-order valence-corrected chi connectivity index (χ2v) is 6.49. The molecule has 118 valence electrons. The first-order valence-electron chi connectivity index (χ1n) is 8.14. The van der Waals surface area contributed by atoms with Gasteiger partial charge in [-0.1, -0.05) is 74.5 Å². The lowest BCUT2D eigenvalue weighted by Crippen LogP contribution is -2.19. The smallest absolute Gasteiger partial charge is 0.117 e. The van der Waals surface area contributed by atoms with E-state index < -0.39 is 0 Å². The van der Waals surface area contributed by atoms with Crippen molar-refractivity contribution in [3.8, 4) is 5.69 Å². The van der Waals surface area contributed by atoms with E-state index >= 15 is 0 Å². The molecule has 3 nitrogen and oxygen atoms in total. The average molecular weight is 313 g/mol. The van der Waals surface area contributed by atoms with E-state index in [4.69, 9.17) is 5.10 Å². The van der Waals surface area contributed by atoms with E-state index in [1.54, 1.807) is 4.80 Å². The van der Waals surface area contributed by atoms with E-state index in [-0.39, 0.29) is 5.41 Å². The minimum absolute atomic E-state index is 0.141. The Morgan fingerprint density at radius 1 is 0.708 bits per heavy atom. The van der Waals surface area contributed by atoms with Crippen LogP contribution in [0, 0.1) is 0 Å². The van der Waals surface area contributed by atoms with Crippen LogP contribution in [0.15, 0.2) is 78.9 Å². The van der Waals surface area contributed by atoms with E-state index in [9.17, 15) is 0 Å². The predicted octanol–water partition coefficient (Wildman–Crippen LogP) is 4.75. The van der Waals surface area contributed by atoms with Gasteiger partial charge in [0.05, 0.1) is 5.69 Å². The summed E-state index contributed by atoms with van der Waals surface area (Å²) in [5, 5.41) is 9.44. The number of rotatable bonds is 3. The summed E-state index contributed by atoms with van der Waals surface area (Å²) in [6, 6.07) is 26.8. The largest absolute Gasteiger partial charge is 0.150 e. The van der Waals surface area contributed by atoms with Gasteiger partial charge in [0.1, 0.15) is 11.0 Å². The second-order valence-electron chi connectivity index (χ2n) is 6.49. The maximum atomic E-state index is 4.78. The predicted molar refractivity (Wildman–Crippen MR) is 97.4 cm³/mol. The fourth-order valence-electron chi connectivity index (χ4n) is 3.13. The molecule has 0 saturated heterocycles. The van der Waals surface area contributed by atoms with Gasteiger partial charge in [0.25, 0.3) is 0 Å². The van der Waals surface area contributed by atoms with Gasteiger partial charge in [0.15, 0.2) is 0 Å². The molecule has 1 heterocycles. The standard InChI is InChI=1S/C21H19N3/c1-21(2,16-10-5-3-6-11-16)18-14-9-15-19-20(18)23-24(22-19)17-12-7-4-8-13-17/h3-15H,1-2H3. The van der Waals surface area contributed by atoms with Gasteiger partial charge in [0.2, 0.25) is 0 Å². The molecule has 0 aliphatic rings. The first-order chi connectivity index (χ1) is 11.7. The number of hydrogen-bond acceptors (Lipinski definition) is 2. The van der Waals surface area contributed by atoms with Crippen molar-refractivity contribution < 1.29 is 0 Å². The molecule has 4 aromatic rings. The highest BCUT2D eigenvalue weighted by Crippen LogP contribution is 2.34. The normalized spacial score (nSPS) is 11.8. The summed E-state index contributed by atoms with van der Waals surface area (Å²) < 4.78 is 0. The second kappa shape index (κ2) is 5.60. The van der Waals surface area contributed by atoms with Crippen LogP contribution < -0.4 is 0 Å². The SMILES string of the molecule is CC(C)(c1ccccc1)c1cccc2nn(-c3ccccc3)nc12. The molecule has 24 heavy (non-hydrogen) atoms. The van der Waals surface area contributed by atoms with Crippen molar-refractivity contribution in [3.63, 3.8) is 0 Å². The summed E-state index contributed by atoms with van der Waals surface area (Å²) in [5.74, 6) is 0. The van der Waals surface area contributed by atoms with Crippen LogP contribution in [0.4, 0.5) is 0 Å². The Labute approximate surface area is 141 Å². The molecule has 4 rings (SSSR count). The number of fused-ring (bicyclic) bond motifs is 1. The van der Waals surface area contributed by atoms with Crippen molar-refractivity contribution in [1.82, 2.24) is 15.0 Å². The van der Waals surface area contributed by atoms with Crippen molar-refractivity contribution in [2.45, 2.75) is 19.3 Å². The Hall–Kier alpha value is -2.94. The van der Waals surface area contributed by atoms with E-state index in [0.29, 0.717) is 0 Å². The fourth-order valence-corrected chi connectivity index (χ4v) is 3.13. The zero-order chi connectivity index (χ0) is 16.6. The van der Waals surface area contributed by atoms with Crippen molar-refractivity contribution in [2.24, 2.45) is 0 Å². The Morgan fingerprint density at radius 2 is 1.38 bits per heavy atom. The first-order valence-corrected chi connectivity index (χ1v) is 8.14. The van der Waals surface area contributed by atoms with Gasteiger partial charge in [-0.25, -0.2) is 0 Å². The molecule has 0 amide bonds. The quantitative estimate of drug-likeness (QED) is 0.546. The molecule has 0 radical (unpaired) electrons. The molecule has 0 fully saturated rings. The Kier molecular flexibility index (Phi) is 3.42. The van der Waals surface area contributed by atoms with E-state index in [2.05, 4.69) is 55.3 Å². The number of para-hydroxylation sites is 1. The van der Waals surface area contributed by atoms with Crippen LogP contribution in [0.5, 0.6) is 0 Å². The summed E-state index contributed by atoms with van der Waals surface area (Å²) in [6.07, 6.45) is 0. The molecule has 0 bridgehead atoms. The molecule has 0 atom stereocenters. The molecular formula is C21H19N3. The Balaban J connectivity index is 1.89. The topological polar surface area (TPSA) is 30.7 Å². The van der Waals surface area contributed by atoms with Crippen molar-refractivity contribution in [2.75, 3.05) is 0 Å². The molecular weight excluding hydrogens is 294 g/mol. The molecule has 0 spiro atoms. The van der Waals surface area contributed by atoms with Crippen LogP contribution in [-0.2, 0) is 5.41 Å². The van der Waals surface area contributed by atoms with Gasteiger partial charge in [0, 0.05) is 5.41 Å². The van der Waals surface area contributed by atoms with Gasteiger partial charge in [-0.2, -0.15) is 4.80 Å². The van der Waals surface area contributed by atoms with E-state index in [0.717, 1.165) is 16.7 Å². The van der Waals surface area contributed by atoms with Crippen molar-refractivity contribution in [1.29, 1.82) is 0 Å². The van der Waals surface area contributed by atoms with Crippen LogP contribution in [-0.4, -0.2) is 15.0 Å². The number of nitrogens with zero attached hydrogens (tertiary/aromatic N) is 3. The monoisotopic (exact) mass is 313 g/mol. The lowest BCUT2D eigenvalue weighted by molar-refractivity contribution is 0.644. The molecule has 3 aromatic carbocycles. The Bertz CT molecular complexity index is 970. The summed E-state index contributed by atoms with van der Waals surface area (Å²) >= 11 is 0. The average Bonchev–Trinajstić information content (AvgIpc) is 3.07. The molecule has 3 heteroatoms. The molecule has 0 N–H and O–H groups in total. The lowest BCUT2D eigenvalue weighted by atomic mass is 9.77. The van der Waals surface area contributed by atoms with Crippen LogP contribution in [0.3, 0.4) is 0 Å². The maximum Gasteiger partial charge on any atom is 0.117 e. The minimum atomic E-state index is -0.141. The van der Waals surface area contributed by atoms with Gasteiger partial charge in [-0.05, 0) is 29.3 Å². The number of benzene rings is 3. The third-order valence-corrected chi connectivity index (χ3v) is 4.57. The minimum Gasteiger partial charge on any atom is -0.150 e. The van der Waals surface area contributed by atoms with Gasteiger partial charge in [-0.3, -0.25) is 0 Å². The Morgan fingerprint density at radius 3 is 2.08 bits per heavy atom. The van der Waals surface area contributed by atoms with Crippen LogP contribution in [0.25, 0.3) is 16.7 Å². The van der Waals surface area contributed by atoms with Gasteiger partial charge >= 0.3 is 0 Å². The molecule has 0 unspecified atom stereocenters. The molecule has 0 aliphatic carbocycles. The number of aromatic nitrogens is 3. The van der Waals surface area contributed by atoms with Crippen LogP contribution >= 0.6 is 0 Å². The summed E-state index contributed by atoms with van der Waals surface area (Å²) in [4.78, 5) is 1.72. The maximum absolute atomic E-state index is 4.78. The van der Waals surface area contributed by atoms with Gasteiger partial charge in [-0.15, -0.1) is 10.2 Å². The van der Waals surface area contributed by atoms with Gasteiger partial charge < -0.3 is 0 Å². The third kappa shape index (κ3) is 2.38. The molecule has 0 aliphatic heterocycles. The molecule has 1 aromatic heterocycles. The van der Waals surface area contributed by atoms with E-state index in [1.807, 2.05) is 42.5 Å². The summed E-state index contributed by atoms with van der Waals surface area (Å²) in [6.45, 7) is 4.47. The van der Waals surface area contributed by atoms with Crippen LogP contribution in [0.1, 0.15) is 25.0 Å². The zero-order valence-corrected chi connectivity index (χ0v) is 13.8.